The highest BCUT2D eigenvalue weighted by molar-refractivity contribution is 9.10. The molecule has 1 atom stereocenters. The van der Waals surface area contributed by atoms with E-state index >= 15 is 0 Å². The van der Waals surface area contributed by atoms with Gasteiger partial charge in [0.1, 0.15) is 5.82 Å². The van der Waals surface area contributed by atoms with E-state index in [0.717, 1.165) is 14.5 Å². The van der Waals surface area contributed by atoms with Crippen molar-refractivity contribution in [2.45, 2.75) is 25.9 Å². The summed E-state index contributed by atoms with van der Waals surface area (Å²) in [7, 11) is 0. The maximum Gasteiger partial charge on any atom is 0.322 e. The van der Waals surface area contributed by atoms with Crippen molar-refractivity contribution in [2.24, 2.45) is 0 Å². The minimum Gasteiger partial charge on any atom is -0.310 e. The monoisotopic (exact) mass is 644 g/mol. The summed E-state index contributed by atoms with van der Waals surface area (Å²) in [6.45, 7) is 2.34. The van der Waals surface area contributed by atoms with Gasteiger partial charge in [-0.15, -0.1) is 0 Å². The van der Waals surface area contributed by atoms with Crippen LogP contribution in [0.5, 0.6) is 0 Å². The van der Waals surface area contributed by atoms with Crippen molar-refractivity contribution in [3.05, 3.63) is 134 Å². The van der Waals surface area contributed by atoms with E-state index in [1.165, 1.54) is 0 Å². The lowest BCUT2D eigenvalue weighted by atomic mass is 10.1. The SMILES string of the molecule is CCC(c1nc2ccccc2c(=O)n1-c1ccc(Br)cc1)N(Cc1ccccc1)C(=O)Nc1ccc(Br)cc1. The van der Waals surface area contributed by atoms with E-state index < -0.39 is 6.04 Å². The number of hydrogen-bond acceptors (Lipinski definition) is 3. The van der Waals surface area contributed by atoms with Crippen LogP contribution in [0.4, 0.5) is 10.5 Å². The van der Waals surface area contributed by atoms with Crippen LogP contribution in [0.1, 0.15) is 30.8 Å². The van der Waals surface area contributed by atoms with Crippen LogP contribution >= 0.6 is 31.9 Å². The van der Waals surface area contributed by atoms with Gasteiger partial charge >= 0.3 is 6.03 Å². The first-order valence-electron chi connectivity index (χ1n) is 12.6. The summed E-state index contributed by atoms with van der Waals surface area (Å²) in [6.07, 6.45) is 0.544. The molecule has 0 aliphatic rings. The number of fused-ring (bicyclic) bond motifs is 1. The topological polar surface area (TPSA) is 67.2 Å². The third-order valence-electron chi connectivity index (χ3n) is 6.50. The second-order valence-electron chi connectivity index (χ2n) is 9.08. The van der Waals surface area contributed by atoms with Gasteiger partial charge in [0.2, 0.25) is 0 Å². The van der Waals surface area contributed by atoms with E-state index in [0.29, 0.717) is 41.1 Å². The van der Waals surface area contributed by atoms with Crippen LogP contribution in [0.15, 0.2) is 117 Å². The van der Waals surface area contributed by atoms with Gasteiger partial charge in [0.15, 0.2) is 0 Å². The van der Waals surface area contributed by atoms with Gasteiger partial charge in [0.05, 0.1) is 22.6 Å². The van der Waals surface area contributed by atoms with Gasteiger partial charge in [-0.2, -0.15) is 0 Å². The molecule has 0 saturated heterocycles. The average molecular weight is 646 g/mol. The number of anilines is 1. The first-order chi connectivity index (χ1) is 18.9. The van der Waals surface area contributed by atoms with Crippen LogP contribution in [-0.4, -0.2) is 20.5 Å². The molecule has 1 N–H and O–H groups in total. The van der Waals surface area contributed by atoms with Gasteiger partial charge < -0.3 is 10.2 Å². The van der Waals surface area contributed by atoms with Crippen molar-refractivity contribution >= 4 is 54.5 Å². The highest BCUT2D eigenvalue weighted by atomic mass is 79.9. The van der Waals surface area contributed by atoms with Crippen molar-refractivity contribution in [1.82, 2.24) is 14.5 Å². The fourth-order valence-electron chi connectivity index (χ4n) is 4.59. The van der Waals surface area contributed by atoms with Gasteiger partial charge in [-0.3, -0.25) is 9.36 Å². The third kappa shape index (κ3) is 5.97. The first kappa shape index (κ1) is 26.8. The van der Waals surface area contributed by atoms with Gasteiger partial charge in [-0.25, -0.2) is 9.78 Å². The number of para-hydroxylation sites is 1. The van der Waals surface area contributed by atoms with Crippen LogP contribution < -0.4 is 10.9 Å². The second kappa shape index (κ2) is 12.0. The second-order valence-corrected chi connectivity index (χ2v) is 10.9. The highest BCUT2D eigenvalue weighted by Crippen LogP contribution is 2.29. The number of benzene rings is 4. The molecule has 0 bridgehead atoms. The molecule has 196 valence electrons. The smallest absolute Gasteiger partial charge is 0.310 e. The maximum atomic E-state index is 13.9. The normalized spacial score (nSPS) is 11.8. The van der Waals surface area contributed by atoms with Gasteiger partial charge in [0, 0.05) is 21.2 Å². The number of hydrogen-bond donors (Lipinski definition) is 1. The molecule has 0 radical (unpaired) electrons. The standard InChI is InChI=1S/C31H26Br2N4O2/c1-2-28(36(20-21-8-4-3-5-9-21)31(39)34-24-16-12-22(32)13-17-24)29-35-27-11-7-6-10-26(27)30(38)37(29)25-18-14-23(33)15-19-25/h3-19,28H,2,20H2,1H3,(H,34,39). The molecule has 5 aromatic rings. The summed E-state index contributed by atoms with van der Waals surface area (Å²) in [4.78, 5) is 34.6. The Morgan fingerprint density at radius 1 is 0.872 bits per heavy atom. The number of halogens is 2. The zero-order valence-electron chi connectivity index (χ0n) is 21.2. The molecule has 1 aromatic heterocycles. The van der Waals surface area contributed by atoms with Crippen molar-refractivity contribution in [2.75, 3.05) is 5.32 Å². The molecule has 0 aliphatic heterocycles. The summed E-state index contributed by atoms with van der Waals surface area (Å²) in [6, 6.07) is 31.4. The molecule has 0 fully saturated rings. The summed E-state index contributed by atoms with van der Waals surface area (Å²) in [5, 5.41) is 3.56. The lowest BCUT2D eigenvalue weighted by Gasteiger charge is -2.32. The van der Waals surface area contributed by atoms with Crippen LogP contribution in [0, 0.1) is 0 Å². The zero-order valence-corrected chi connectivity index (χ0v) is 24.4. The molecule has 0 spiro atoms. The molecule has 2 amide bonds. The molecular weight excluding hydrogens is 620 g/mol. The summed E-state index contributed by atoms with van der Waals surface area (Å²) in [5.41, 5.74) is 2.75. The average Bonchev–Trinajstić information content (AvgIpc) is 2.95. The lowest BCUT2D eigenvalue weighted by molar-refractivity contribution is 0.177. The predicted molar refractivity (Wildman–Crippen MR) is 163 cm³/mol. The Morgan fingerprint density at radius 3 is 2.15 bits per heavy atom. The fourth-order valence-corrected chi connectivity index (χ4v) is 5.12. The predicted octanol–water partition coefficient (Wildman–Crippen LogP) is 8.10. The van der Waals surface area contributed by atoms with Crippen LogP contribution in [0.25, 0.3) is 16.6 Å². The molecule has 1 unspecified atom stereocenters. The first-order valence-corrected chi connectivity index (χ1v) is 14.2. The zero-order chi connectivity index (χ0) is 27.4. The molecule has 5 rings (SSSR count). The number of aromatic nitrogens is 2. The van der Waals surface area contributed by atoms with Gasteiger partial charge in [-0.05, 0) is 72.6 Å². The van der Waals surface area contributed by atoms with E-state index in [2.05, 4.69) is 37.2 Å². The minimum atomic E-state index is -0.499. The quantitative estimate of drug-likeness (QED) is 0.194. The Morgan fingerprint density at radius 2 is 1.49 bits per heavy atom. The highest BCUT2D eigenvalue weighted by Gasteiger charge is 2.29. The molecule has 8 heteroatoms. The number of nitrogens with one attached hydrogen (secondary N) is 1. The maximum absolute atomic E-state index is 13.9. The third-order valence-corrected chi connectivity index (χ3v) is 7.56. The van der Waals surface area contributed by atoms with Crippen molar-refractivity contribution in [3.8, 4) is 5.69 Å². The van der Waals surface area contributed by atoms with E-state index in [1.54, 1.807) is 15.5 Å². The molecule has 0 saturated carbocycles. The fraction of sp³-hybridized carbons (Fsp3) is 0.129. The lowest BCUT2D eigenvalue weighted by Crippen LogP contribution is -2.40. The van der Waals surface area contributed by atoms with Crippen molar-refractivity contribution in [1.29, 1.82) is 0 Å². The molecular formula is C31H26Br2N4O2. The Hall–Kier alpha value is -3.75. The Bertz CT molecular complexity index is 1650. The molecule has 0 aliphatic carbocycles. The minimum absolute atomic E-state index is 0.177. The Balaban J connectivity index is 1.67. The molecule has 1 heterocycles. The van der Waals surface area contributed by atoms with Crippen LogP contribution in [0.2, 0.25) is 0 Å². The number of amides is 2. The Kier molecular flexibility index (Phi) is 8.24. The van der Waals surface area contributed by atoms with Crippen molar-refractivity contribution < 1.29 is 4.79 Å². The van der Waals surface area contributed by atoms with Gasteiger partial charge in [-0.1, -0.05) is 81.2 Å². The summed E-state index contributed by atoms with van der Waals surface area (Å²) >= 11 is 6.93. The number of carbonyl (C=O) groups excluding carboxylic acids is 1. The summed E-state index contributed by atoms with van der Waals surface area (Å²) in [5.74, 6) is 0.505. The number of urea groups is 1. The van der Waals surface area contributed by atoms with Gasteiger partial charge in [0.25, 0.3) is 5.56 Å². The van der Waals surface area contributed by atoms with E-state index in [-0.39, 0.29) is 11.6 Å². The molecule has 4 aromatic carbocycles. The van der Waals surface area contributed by atoms with E-state index in [9.17, 15) is 9.59 Å². The molecule has 39 heavy (non-hydrogen) atoms. The molecule has 6 nitrogen and oxygen atoms in total. The van der Waals surface area contributed by atoms with Crippen LogP contribution in [0.3, 0.4) is 0 Å². The number of carbonyl (C=O) groups is 1. The number of rotatable bonds is 7. The van der Waals surface area contributed by atoms with E-state index in [1.807, 2.05) is 104 Å². The van der Waals surface area contributed by atoms with Crippen molar-refractivity contribution in [3.63, 3.8) is 0 Å². The number of nitrogens with zero attached hydrogens (tertiary/aromatic N) is 3. The van der Waals surface area contributed by atoms with E-state index in [4.69, 9.17) is 4.98 Å². The Labute approximate surface area is 243 Å². The largest absolute Gasteiger partial charge is 0.322 e. The van der Waals surface area contributed by atoms with Crippen LogP contribution in [-0.2, 0) is 6.54 Å². The summed E-state index contributed by atoms with van der Waals surface area (Å²) < 4.78 is 3.46.